The smallest absolute Gasteiger partial charge is 0.329 e. The van der Waals surface area contributed by atoms with E-state index < -0.39 is 47.5 Å². The van der Waals surface area contributed by atoms with Gasteiger partial charge < -0.3 is 21.7 Å². The summed E-state index contributed by atoms with van der Waals surface area (Å²) < 4.78 is 30.5. The van der Waals surface area contributed by atoms with Gasteiger partial charge in [-0.15, -0.1) is 12.4 Å². The van der Waals surface area contributed by atoms with E-state index in [0.717, 1.165) is 49.8 Å². The molecule has 2 aliphatic heterocycles. The van der Waals surface area contributed by atoms with Crippen LogP contribution in [0.3, 0.4) is 0 Å². The molecule has 5 amide bonds. The van der Waals surface area contributed by atoms with Crippen LogP contribution in [0.5, 0.6) is 0 Å². The van der Waals surface area contributed by atoms with E-state index in [4.69, 9.17) is 11.5 Å². The highest BCUT2D eigenvalue weighted by Gasteiger charge is 2.32. The molecule has 1 unspecified atom stereocenters. The number of likely N-dealkylation sites (tertiary alicyclic amines) is 1. The summed E-state index contributed by atoms with van der Waals surface area (Å²) in [6, 6.07) is 6.18. The summed E-state index contributed by atoms with van der Waals surface area (Å²) in [7, 11) is 1.66. The third kappa shape index (κ3) is 9.38. The lowest BCUT2D eigenvalue weighted by molar-refractivity contribution is -0.138. The number of nitrogens with two attached hydrogens (primary N) is 2. The van der Waals surface area contributed by atoms with Gasteiger partial charge in [0.05, 0.1) is 17.1 Å². The van der Waals surface area contributed by atoms with Crippen LogP contribution in [0.25, 0.3) is 11.0 Å². The molecular formula is C35H44ClF2N7O6. The molecule has 16 heteroatoms. The molecule has 0 spiro atoms. The van der Waals surface area contributed by atoms with Crippen LogP contribution in [0.2, 0.25) is 0 Å². The summed E-state index contributed by atoms with van der Waals surface area (Å²) >= 11 is 0. The lowest BCUT2D eigenvalue weighted by atomic mass is 9.90. The second-order valence-electron chi connectivity index (χ2n) is 13.3. The Morgan fingerprint density at radius 2 is 1.69 bits per heavy atom. The van der Waals surface area contributed by atoms with Crippen LogP contribution in [0.4, 0.5) is 8.78 Å². The van der Waals surface area contributed by atoms with Crippen molar-refractivity contribution in [3.05, 3.63) is 69.6 Å². The number of piperidine rings is 2. The lowest BCUT2D eigenvalue weighted by Crippen LogP contribution is -2.54. The number of carbonyl (C=O) groups is 5. The first-order valence-corrected chi connectivity index (χ1v) is 16.9. The molecule has 5 rings (SSSR count). The average molecular weight is 732 g/mol. The van der Waals surface area contributed by atoms with Gasteiger partial charge in [0, 0.05) is 39.4 Å². The number of aromatic nitrogens is 2. The fourth-order valence-corrected chi connectivity index (χ4v) is 6.86. The molecule has 2 aromatic carbocycles. The Hall–Kier alpha value is -4.63. The number of imidazole rings is 1. The van der Waals surface area contributed by atoms with Crippen molar-refractivity contribution in [2.75, 3.05) is 13.1 Å². The summed E-state index contributed by atoms with van der Waals surface area (Å²) in [5, 5.41) is 4.97. The number of aryl methyl sites for hydroxylation is 2. The number of hydrogen-bond acceptors (Lipinski definition) is 7. The summed E-state index contributed by atoms with van der Waals surface area (Å²) in [6.07, 6.45) is 4.33. The Morgan fingerprint density at radius 3 is 2.35 bits per heavy atom. The molecule has 3 aromatic rings. The molecule has 2 saturated heterocycles. The quantitative estimate of drug-likeness (QED) is 0.193. The van der Waals surface area contributed by atoms with E-state index in [1.54, 1.807) is 11.9 Å². The van der Waals surface area contributed by atoms with Gasteiger partial charge >= 0.3 is 5.69 Å². The number of nitrogens with zero attached hydrogens (tertiary/aromatic N) is 3. The fourth-order valence-electron chi connectivity index (χ4n) is 6.86. The first-order valence-electron chi connectivity index (χ1n) is 16.9. The van der Waals surface area contributed by atoms with Gasteiger partial charge in [-0.25, -0.2) is 13.6 Å². The number of hydrogen-bond donors (Lipinski definition) is 4. The highest BCUT2D eigenvalue weighted by molar-refractivity contribution is 6.00. The molecule has 3 heterocycles. The van der Waals surface area contributed by atoms with E-state index in [1.807, 2.05) is 18.2 Å². The van der Waals surface area contributed by atoms with Gasteiger partial charge in [0.15, 0.2) is 11.6 Å². The topological polar surface area (TPSA) is 192 Å². The number of nitrogens with one attached hydrogen (secondary N) is 2. The Labute approximate surface area is 299 Å². The van der Waals surface area contributed by atoms with Gasteiger partial charge in [-0.05, 0) is 86.3 Å². The maximum absolute atomic E-state index is 13.9. The standard InChI is InChI=1S/C35H43F2N7O6.ClH/c1-42-29-19-21(6-9-27(29)44(35(42)50)28-10-12-31(46)41-33(28)48)4-2-3-20-13-15-43(16-14-20)34(49)26(18-22-5-7-23(36)24(37)17-22)40-32(47)25(38)8-11-30(39)45;/h5-7,9,17,19-20,25-26,28H,2-4,8,10-16,18,38H2,1H3,(H2,39,45)(H,40,47)(H,41,46,48);1H/t25-,26-,28?;/m0./s1. The first kappa shape index (κ1) is 39.2. The van der Waals surface area contributed by atoms with E-state index in [9.17, 15) is 37.5 Å². The third-order valence-corrected chi connectivity index (χ3v) is 9.76. The number of carbonyl (C=O) groups excluding carboxylic acids is 5. The number of benzene rings is 2. The Kier molecular flexibility index (Phi) is 13.1. The van der Waals surface area contributed by atoms with Gasteiger partial charge in [-0.1, -0.05) is 12.1 Å². The molecule has 0 bridgehead atoms. The Balaban J connectivity index is 0.00000583. The van der Waals surface area contributed by atoms with Crippen molar-refractivity contribution >= 4 is 53.0 Å². The minimum atomic E-state index is -1.08. The van der Waals surface area contributed by atoms with E-state index in [2.05, 4.69) is 10.6 Å². The van der Waals surface area contributed by atoms with Crippen molar-refractivity contribution in [1.82, 2.24) is 24.7 Å². The molecule has 13 nitrogen and oxygen atoms in total. The summed E-state index contributed by atoms with van der Waals surface area (Å²) in [6.45, 7) is 0.923. The van der Waals surface area contributed by atoms with Crippen LogP contribution in [-0.2, 0) is 43.9 Å². The van der Waals surface area contributed by atoms with Crippen LogP contribution in [0, 0.1) is 17.6 Å². The molecule has 6 N–H and O–H groups in total. The molecule has 51 heavy (non-hydrogen) atoms. The predicted octanol–water partition coefficient (Wildman–Crippen LogP) is 1.90. The van der Waals surface area contributed by atoms with Crippen molar-refractivity contribution in [3.63, 3.8) is 0 Å². The first-order chi connectivity index (χ1) is 23.8. The minimum absolute atomic E-state index is 0. The zero-order valence-electron chi connectivity index (χ0n) is 28.4. The maximum atomic E-state index is 13.9. The molecule has 0 radical (unpaired) electrons. The zero-order valence-corrected chi connectivity index (χ0v) is 29.2. The maximum Gasteiger partial charge on any atom is 0.329 e. The normalized spacial score (nSPS) is 17.8. The molecule has 3 atom stereocenters. The van der Waals surface area contributed by atoms with Crippen LogP contribution in [0.1, 0.15) is 68.5 Å². The number of fused-ring (bicyclic) bond motifs is 1. The van der Waals surface area contributed by atoms with Gasteiger partial charge in [0.2, 0.25) is 29.5 Å². The van der Waals surface area contributed by atoms with Crippen LogP contribution < -0.4 is 27.8 Å². The largest absolute Gasteiger partial charge is 0.370 e. The van der Waals surface area contributed by atoms with Gasteiger partial charge in [0.1, 0.15) is 12.1 Å². The van der Waals surface area contributed by atoms with Crippen LogP contribution in [-0.4, -0.2) is 68.7 Å². The van der Waals surface area contributed by atoms with Crippen molar-refractivity contribution in [3.8, 4) is 0 Å². The number of imide groups is 1. The third-order valence-electron chi connectivity index (χ3n) is 9.76. The molecule has 2 fully saturated rings. The van der Waals surface area contributed by atoms with Crippen LogP contribution >= 0.6 is 12.4 Å². The second-order valence-corrected chi connectivity index (χ2v) is 13.3. The number of rotatable bonds is 13. The summed E-state index contributed by atoms with van der Waals surface area (Å²) in [5.41, 5.74) is 13.5. The highest BCUT2D eigenvalue weighted by Crippen LogP contribution is 2.27. The minimum Gasteiger partial charge on any atom is -0.370 e. The molecule has 0 saturated carbocycles. The molecule has 1 aromatic heterocycles. The molecule has 276 valence electrons. The summed E-state index contributed by atoms with van der Waals surface area (Å²) in [4.78, 5) is 76.4. The SMILES string of the molecule is Cl.Cn1c(=O)n(C2CCC(=O)NC2=O)c2ccc(CCCC3CCN(C(=O)[C@H](Cc4ccc(F)c(F)c4)NC(=O)[C@@H](N)CCC(N)=O)CC3)cc21. The van der Waals surface area contributed by atoms with Gasteiger partial charge in [0.25, 0.3) is 0 Å². The number of amides is 5. The second kappa shape index (κ2) is 17.1. The summed E-state index contributed by atoms with van der Waals surface area (Å²) in [5.74, 6) is -4.15. The monoisotopic (exact) mass is 731 g/mol. The van der Waals surface area contributed by atoms with Crippen molar-refractivity contribution in [2.24, 2.45) is 24.4 Å². The lowest BCUT2D eigenvalue weighted by Gasteiger charge is -2.35. The zero-order chi connectivity index (χ0) is 36.1. The van der Waals surface area contributed by atoms with E-state index in [0.29, 0.717) is 35.6 Å². The van der Waals surface area contributed by atoms with E-state index in [1.165, 1.54) is 15.2 Å². The number of primary amides is 1. The van der Waals surface area contributed by atoms with Gasteiger partial charge in [-0.2, -0.15) is 0 Å². The fraction of sp³-hybridized carbons (Fsp3) is 0.486. The van der Waals surface area contributed by atoms with Crippen molar-refractivity contribution in [1.29, 1.82) is 0 Å². The number of halogens is 3. The molecule has 0 aliphatic carbocycles. The van der Waals surface area contributed by atoms with Crippen LogP contribution in [0.15, 0.2) is 41.2 Å². The Morgan fingerprint density at radius 1 is 0.980 bits per heavy atom. The molecule has 2 aliphatic rings. The van der Waals surface area contributed by atoms with Crippen molar-refractivity contribution in [2.45, 2.75) is 82.3 Å². The van der Waals surface area contributed by atoms with E-state index >= 15 is 0 Å². The average Bonchev–Trinajstić information content (AvgIpc) is 3.33. The van der Waals surface area contributed by atoms with Crippen molar-refractivity contribution < 1.29 is 32.8 Å². The van der Waals surface area contributed by atoms with E-state index in [-0.39, 0.29) is 62.0 Å². The predicted molar refractivity (Wildman–Crippen MR) is 186 cm³/mol. The van der Waals surface area contributed by atoms with Gasteiger partial charge in [-0.3, -0.25) is 38.4 Å². The highest BCUT2D eigenvalue weighted by atomic mass is 35.5. The molecular weight excluding hydrogens is 688 g/mol. The Bertz CT molecular complexity index is 1860.